The van der Waals surface area contributed by atoms with E-state index in [2.05, 4.69) is 6.92 Å². The summed E-state index contributed by atoms with van der Waals surface area (Å²) in [4.78, 5) is 37.7. The summed E-state index contributed by atoms with van der Waals surface area (Å²) in [5.41, 5.74) is -1.84. The number of aromatic nitrogens is 2. The normalized spacial score (nSPS) is 24.9. The van der Waals surface area contributed by atoms with Crippen LogP contribution in [0.25, 0.3) is 0 Å². The Kier molecular flexibility index (Phi) is 14.7. The second kappa shape index (κ2) is 17.2. The Balaban J connectivity index is 1.88. The molecule has 1 unspecified atom stereocenters. The van der Waals surface area contributed by atoms with Crippen molar-refractivity contribution in [2.45, 2.75) is 140 Å². The zero-order valence-electron chi connectivity index (χ0n) is 24.5. The summed E-state index contributed by atoms with van der Waals surface area (Å²) in [5.74, 6) is -4.77. The average molecular weight is 605 g/mol. The van der Waals surface area contributed by atoms with Crippen molar-refractivity contribution in [3.8, 4) is 0 Å². The minimum absolute atomic E-state index is 0.0803. The fourth-order valence-corrected chi connectivity index (χ4v) is 5.36. The Hall–Kier alpha value is -2.20. The predicted octanol–water partition coefficient (Wildman–Crippen LogP) is 1.93. The van der Waals surface area contributed by atoms with Gasteiger partial charge in [-0.25, -0.2) is 13.8 Å². The fraction of sp³-hybridized carbons (Fsp3) is 0.821. The van der Waals surface area contributed by atoms with Gasteiger partial charge >= 0.3 is 11.6 Å². The van der Waals surface area contributed by atoms with E-state index in [4.69, 9.17) is 10.5 Å². The van der Waals surface area contributed by atoms with Gasteiger partial charge in [-0.2, -0.15) is 0 Å². The van der Waals surface area contributed by atoms with E-state index in [1.807, 2.05) is 0 Å². The van der Waals surface area contributed by atoms with Crippen molar-refractivity contribution >= 4 is 5.91 Å². The lowest BCUT2D eigenvalue weighted by Crippen LogP contribution is -2.70. The number of aliphatic hydroxyl groups excluding tert-OH is 2. The van der Waals surface area contributed by atoms with Crippen LogP contribution >= 0.6 is 0 Å². The van der Waals surface area contributed by atoms with Gasteiger partial charge in [-0.1, -0.05) is 96.8 Å². The van der Waals surface area contributed by atoms with E-state index in [0.717, 1.165) is 25.7 Å². The van der Waals surface area contributed by atoms with Crippen LogP contribution in [-0.4, -0.2) is 77.0 Å². The maximum atomic E-state index is 15.1. The van der Waals surface area contributed by atoms with Crippen LogP contribution in [0.1, 0.15) is 120 Å². The summed E-state index contributed by atoms with van der Waals surface area (Å²) in [6.07, 6.45) is 10.2. The number of hydrogen-bond donors (Lipinski definition) is 7. The Bertz CT molecular complexity index is 1090. The highest BCUT2D eigenvalue weighted by atomic mass is 19.1. The highest BCUT2D eigenvalue weighted by molar-refractivity contribution is 5.91. The van der Waals surface area contributed by atoms with E-state index in [1.54, 1.807) is 4.98 Å². The fourth-order valence-electron chi connectivity index (χ4n) is 5.36. The summed E-state index contributed by atoms with van der Waals surface area (Å²) in [5, 5.41) is 52.9. The second-order valence-electron chi connectivity index (χ2n) is 11.2. The molecule has 1 saturated heterocycles. The Morgan fingerprint density at radius 3 is 1.95 bits per heavy atom. The van der Waals surface area contributed by atoms with Crippen molar-refractivity contribution in [1.29, 1.82) is 0 Å². The van der Waals surface area contributed by atoms with Crippen LogP contribution in [0, 0.1) is 0 Å². The number of carbonyl (C=O) groups excluding carboxylic acids is 1. The number of rotatable bonds is 21. The smallest absolute Gasteiger partial charge is 0.332 e. The highest BCUT2D eigenvalue weighted by Crippen LogP contribution is 2.44. The van der Waals surface area contributed by atoms with Crippen LogP contribution in [-0.2, 0) is 10.6 Å². The summed E-state index contributed by atoms with van der Waals surface area (Å²) < 4.78 is 20.3. The van der Waals surface area contributed by atoms with Crippen molar-refractivity contribution in [3.63, 3.8) is 0 Å². The minimum atomic E-state index is -3.46. The molecule has 0 radical (unpaired) electrons. The van der Waals surface area contributed by atoms with Crippen LogP contribution in [0.15, 0.2) is 15.8 Å². The monoisotopic (exact) mass is 604 g/mol. The number of amides is 1. The Morgan fingerprint density at radius 1 is 1.02 bits per heavy atom. The standard InChI is InChI=1S/C28H49FN4O9/c1-2-3-4-5-6-7-8-9-10-11-12-13-14-15-16-17-22(29)33(41)27(39)23(35)21(19-34)42-28(27,40)32-18-20(24(30)36)25(37)31-26(32)38/h18,21-23,34-35,39-41H,2-17,19H2,1H3,(H2,30,36)(H,31,37,38)/t21-,22?,23-,27-,28+/m1/s1. The molecule has 8 N–H and O–H groups in total. The first-order valence-corrected chi connectivity index (χ1v) is 15.2. The molecule has 42 heavy (non-hydrogen) atoms. The largest absolute Gasteiger partial charge is 0.394 e. The van der Waals surface area contributed by atoms with Crippen molar-refractivity contribution in [2.75, 3.05) is 6.61 Å². The van der Waals surface area contributed by atoms with Crippen molar-refractivity contribution in [1.82, 2.24) is 14.6 Å². The molecule has 5 atom stereocenters. The molecule has 1 aromatic heterocycles. The van der Waals surface area contributed by atoms with Crippen LogP contribution < -0.4 is 17.0 Å². The number of hydrogen-bond acceptors (Lipinski definition) is 10. The van der Waals surface area contributed by atoms with Crippen LogP contribution in [0.5, 0.6) is 0 Å². The summed E-state index contributed by atoms with van der Waals surface area (Å²) in [6, 6.07) is 0. The number of alkyl halides is 1. The van der Waals surface area contributed by atoms with Gasteiger partial charge in [-0.05, 0) is 12.8 Å². The summed E-state index contributed by atoms with van der Waals surface area (Å²) >= 11 is 0. The molecule has 0 aromatic carbocycles. The SMILES string of the molecule is CCCCCCCCCCCCCCCCCC(F)N(O)[C@@]1(O)[C@H](O)[C@@H](CO)O[C@]1(O)n1cc(C(N)=O)c(=O)[nH]c1=O. The summed E-state index contributed by atoms with van der Waals surface area (Å²) in [7, 11) is 0. The van der Waals surface area contributed by atoms with Gasteiger partial charge in [0, 0.05) is 6.20 Å². The van der Waals surface area contributed by atoms with Crippen molar-refractivity contribution in [3.05, 3.63) is 32.6 Å². The Morgan fingerprint density at radius 2 is 1.50 bits per heavy atom. The van der Waals surface area contributed by atoms with Gasteiger partial charge in [0.15, 0.2) is 6.30 Å². The van der Waals surface area contributed by atoms with Gasteiger partial charge in [-0.15, -0.1) is 5.06 Å². The maximum Gasteiger partial charge on any atom is 0.332 e. The number of aromatic amines is 1. The number of halogens is 1. The van der Waals surface area contributed by atoms with Crippen molar-refractivity contribution in [2.24, 2.45) is 5.73 Å². The van der Waals surface area contributed by atoms with E-state index in [-0.39, 0.29) is 16.1 Å². The number of aliphatic hydroxyl groups is 4. The van der Waals surface area contributed by atoms with E-state index >= 15 is 4.39 Å². The molecule has 1 aliphatic rings. The molecular weight excluding hydrogens is 555 g/mol. The molecule has 2 heterocycles. The Labute approximate surface area is 245 Å². The van der Waals surface area contributed by atoms with Crippen LogP contribution in [0.4, 0.5) is 4.39 Å². The van der Waals surface area contributed by atoms with Gasteiger partial charge in [0.1, 0.15) is 17.8 Å². The molecule has 0 bridgehead atoms. The zero-order chi connectivity index (χ0) is 31.3. The first-order chi connectivity index (χ1) is 19.9. The van der Waals surface area contributed by atoms with E-state index < -0.39 is 59.5 Å². The number of nitrogens with zero attached hydrogens (tertiary/aromatic N) is 2. The lowest BCUT2D eigenvalue weighted by Gasteiger charge is -2.43. The molecule has 1 amide bonds. The zero-order valence-corrected chi connectivity index (χ0v) is 24.5. The van der Waals surface area contributed by atoms with Gasteiger partial charge in [0.05, 0.1) is 6.61 Å². The van der Waals surface area contributed by atoms with E-state index in [1.165, 1.54) is 57.8 Å². The molecule has 0 saturated carbocycles. The molecule has 1 fully saturated rings. The lowest BCUT2D eigenvalue weighted by atomic mass is 9.99. The van der Waals surface area contributed by atoms with Gasteiger partial charge in [0.2, 0.25) is 5.72 Å². The molecule has 0 aliphatic carbocycles. The van der Waals surface area contributed by atoms with Gasteiger partial charge in [-0.3, -0.25) is 14.6 Å². The quantitative estimate of drug-likeness (QED) is 0.0469. The molecular formula is C28H49FN4O9. The maximum absolute atomic E-state index is 15.1. The summed E-state index contributed by atoms with van der Waals surface area (Å²) in [6.45, 7) is 1.20. The van der Waals surface area contributed by atoms with Crippen LogP contribution in [0.3, 0.4) is 0 Å². The van der Waals surface area contributed by atoms with Crippen LogP contribution in [0.2, 0.25) is 0 Å². The number of nitrogens with one attached hydrogen (secondary N) is 1. The molecule has 242 valence electrons. The molecule has 13 nitrogen and oxygen atoms in total. The first-order valence-electron chi connectivity index (χ1n) is 15.2. The number of H-pyrrole nitrogens is 1. The van der Waals surface area contributed by atoms with Gasteiger partial charge in [0.25, 0.3) is 11.5 Å². The third-order valence-electron chi connectivity index (χ3n) is 7.93. The number of hydroxylamine groups is 2. The first kappa shape index (κ1) is 36.0. The third-order valence-corrected chi connectivity index (χ3v) is 7.93. The number of unbranched alkanes of at least 4 members (excludes halogenated alkanes) is 14. The van der Waals surface area contributed by atoms with Gasteiger partial charge < -0.3 is 36.1 Å². The number of primary amides is 1. The van der Waals surface area contributed by atoms with E-state index in [0.29, 0.717) is 19.0 Å². The predicted molar refractivity (Wildman–Crippen MR) is 151 cm³/mol. The molecule has 14 heteroatoms. The number of nitrogens with two attached hydrogens (primary N) is 1. The van der Waals surface area contributed by atoms with Crippen molar-refractivity contribution < 1.29 is 39.6 Å². The molecule has 1 aliphatic heterocycles. The van der Waals surface area contributed by atoms with E-state index in [9.17, 15) is 40.0 Å². The second-order valence-corrected chi connectivity index (χ2v) is 11.2. The topological polar surface area (TPSA) is 212 Å². The average Bonchev–Trinajstić information content (AvgIpc) is 3.16. The number of carbonyl (C=O) groups is 1. The molecule has 2 rings (SSSR count). The minimum Gasteiger partial charge on any atom is -0.394 e. The highest BCUT2D eigenvalue weighted by Gasteiger charge is 2.71. The third kappa shape index (κ3) is 8.68. The lowest BCUT2D eigenvalue weighted by molar-refractivity contribution is -0.428. The molecule has 0 spiro atoms. The molecule has 1 aromatic rings. The number of ether oxygens (including phenoxy) is 1.